The van der Waals surface area contributed by atoms with Crippen LogP contribution in [0.5, 0.6) is 5.75 Å². The van der Waals surface area contributed by atoms with Crippen molar-refractivity contribution in [2.24, 2.45) is 0 Å². The lowest BCUT2D eigenvalue weighted by atomic mass is 10.0. The van der Waals surface area contributed by atoms with Crippen molar-refractivity contribution in [1.82, 2.24) is 19.6 Å². The Bertz CT molecular complexity index is 976. The van der Waals surface area contributed by atoms with Crippen LogP contribution in [0.4, 0.5) is 0 Å². The van der Waals surface area contributed by atoms with E-state index in [9.17, 15) is 4.79 Å². The highest BCUT2D eigenvalue weighted by molar-refractivity contribution is 5.94. The molecule has 3 heterocycles. The summed E-state index contributed by atoms with van der Waals surface area (Å²) in [6.07, 6.45) is 6.00. The van der Waals surface area contributed by atoms with E-state index in [1.807, 2.05) is 65.1 Å². The molecule has 1 fully saturated rings. The summed E-state index contributed by atoms with van der Waals surface area (Å²) >= 11 is 0. The highest BCUT2D eigenvalue weighted by atomic mass is 16.5. The van der Waals surface area contributed by atoms with E-state index in [2.05, 4.69) is 17.2 Å². The third-order valence-electron chi connectivity index (χ3n) is 5.29. The van der Waals surface area contributed by atoms with Gasteiger partial charge in [0, 0.05) is 31.0 Å². The van der Waals surface area contributed by atoms with Gasteiger partial charge in [-0.2, -0.15) is 0 Å². The van der Waals surface area contributed by atoms with Gasteiger partial charge in [-0.3, -0.25) is 4.79 Å². The Hall–Kier alpha value is -2.86. The first kappa shape index (κ1) is 18.5. The maximum Gasteiger partial charge on any atom is 0.253 e. The first-order valence-electron chi connectivity index (χ1n) is 9.75. The molecule has 6 nitrogen and oxygen atoms in total. The fraction of sp³-hybridized carbons (Fsp3) is 0.364. The Balaban J connectivity index is 1.43. The summed E-state index contributed by atoms with van der Waals surface area (Å²) in [5.74, 6) is 0.721. The lowest BCUT2D eigenvalue weighted by molar-refractivity contribution is 0.0702. The largest absolute Gasteiger partial charge is 0.487 e. The number of fused-ring (bicyclic) bond motifs is 1. The van der Waals surface area contributed by atoms with E-state index >= 15 is 0 Å². The summed E-state index contributed by atoms with van der Waals surface area (Å²) < 4.78 is 7.91. The van der Waals surface area contributed by atoms with Crippen molar-refractivity contribution in [3.05, 3.63) is 65.6 Å². The summed E-state index contributed by atoms with van der Waals surface area (Å²) in [5.41, 5.74) is 3.59. The average Bonchev–Trinajstić information content (AvgIpc) is 3.14. The minimum absolute atomic E-state index is 0.0422. The number of amides is 1. The molecule has 0 aliphatic carbocycles. The molecule has 3 aromatic rings. The van der Waals surface area contributed by atoms with E-state index in [1.54, 1.807) is 0 Å². The number of aromatic nitrogens is 2. The normalized spacial score (nSPS) is 14.9. The zero-order valence-corrected chi connectivity index (χ0v) is 16.4. The van der Waals surface area contributed by atoms with E-state index in [1.165, 1.54) is 5.56 Å². The van der Waals surface area contributed by atoms with E-state index < -0.39 is 0 Å². The van der Waals surface area contributed by atoms with Crippen molar-refractivity contribution < 1.29 is 9.53 Å². The number of imidazole rings is 1. The lowest BCUT2D eigenvalue weighted by Gasteiger charge is -2.31. The maximum absolute atomic E-state index is 12.9. The van der Waals surface area contributed by atoms with Gasteiger partial charge in [0.25, 0.3) is 5.91 Å². The molecule has 6 heteroatoms. The number of rotatable bonds is 5. The Kier molecular flexibility index (Phi) is 5.30. The van der Waals surface area contributed by atoms with Gasteiger partial charge in [-0.15, -0.1) is 0 Å². The standard InChI is InChI=1S/C22H26N4O2/c1-16-6-7-21-24-18(14-26(21)13-16)15-28-20-5-3-4-17(12-20)22(27)25(2)19-8-10-23-11-9-19/h3-7,12-14,19,23H,8-11,15H2,1-2H3. The van der Waals surface area contributed by atoms with Crippen LogP contribution in [0.15, 0.2) is 48.8 Å². The van der Waals surface area contributed by atoms with Gasteiger partial charge in [0.15, 0.2) is 0 Å². The van der Waals surface area contributed by atoms with Crippen LogP contribution in [-0.4, -0.2) is 46.4 Å². The second kappa shape index (κ2) is 8.02. The Morgan fingerprint density at radius 1 is 1.25 bits per heavy atom. The first-order chi connectivity index (χ1) is 13.6. The highest BCUT2D eigenvalue weighted by Crippen LogP contribution is 2.19. The molecule has 1 amide bonds. The molecule has 0 radical (unpaired) electrons. The SMILES string of the molecule is Cc1ccc2nc(COc3cccc(C(=O)N(C)C4CCNCC4)c3)cn2c1. The molecule has 4 rings (SSSR count). The monoisotopic (exact) mass is 378 g/mol. The summed E-state index contributed by atoms with van der Waals surface area (Å²) in [5, 5.41) is 3.34. The fourth-order valence-corrected chi connectivity index (χ4v) is 3.66. The van der Waals surface area contributed by atoms with Gasteiger partial charge in [-0.25, -0.2) is 4.98 Å². The Labute approximate surface area is 165 Å². The van der Waals surface area contributed by atoms with Crippen LogP contribution in [-0.2, 0) is 6.61 Å². The quantitative estimate of drug-likeness (QED) is 0.741. The molecule has 2 aromatic heterocycles. The smallest absolute Gasteiger partial charge is 0.253 e. The lowest BCUT2D eigenvalue weighted by Crippen LogP contribution is -2.43. The van der Waals surface area contributed by atoms with Crippen molar-refractivity contribution in [3.63, 3.8) is 0 Å². The molecule has 0 saturated carbocycles. The third-order valence-corrected chi connectivity index (χ3v) is 5.29. The second-order valence-electron chi connectivity index (χ2n) is 7.42. The van der Waals surface area contributed by atoms with E-state index in [-0.39, 0.29) is 5.91 Å². The second-order valence-corrected chi connectivity index (χ2v) is 7.42. The molecule has 0 atom stereocenters. The summed E-state index contributed by atoms with van der Waals surface area (Å²) in [6.45, 7) is 4.34. The number of aryl methyl sites for hydroxylation is 1. The van der Waals surface area contributed by atoms with Crippen LogP contribution < -0.4 is 10.1 Å². The van der Waals surface area contributed by atoms with Crippen LogP contribution in [0.2, 0.25) is 0 Å². The zero-order valence-electron chi connectivity index (χ0n) is 16.4. The summed E-state index contributed by atoms with van der Waals surface area (Å²) in [7, 11) is 1.89. The summed E-state index contributed by atoms with van der Waals surface area (Å²) in [6, 6.07) is 11.7. The third kappa shape index (κ3) is 4.02. The van der Waals surface area contributed by atoms with Crippen LogP contribution in [0.3, 0.4) is 0 Å². The van der Waals surface area contributed by atoms with E-state index in [0.717, 1.165) is 37.3 Å². The molecule has 1 aliphatic rings. The maximum atomic E-state index is 12.9. The molecule has 1 aromatic carbocycles. The highest BCUT2D eigenvalue weighted by Gasteiger charge is 2.23. The van der Waals surface area contributed by atoms with Gasteiger partial charge in [0.2, 0.25) is 0 Å². The number of nitrogens with one attached hydrogen (secondary N) is 1. The number of carbonyl (C=O) groups is 1. The molecular weight excluding hydrogens is 352 g/mol. The number of carbonyl (C=O) groups excluding carboxylic acids is 1. The number of ether oxygens (including phenoxy) is 1. The molecule has 1 aliphatic heterocycles. The van der Waals surface area contributed by atoms with Crippen LogP contribution >= 0.6 is 0 Å². The minimum Gasteiger partial charge on any atom is -0.487 e. The molecule has 28 heavy (non-hydrogen) atoms. The number of pyridine rings is 1. The molecule has 0 bridgehead atoms. The fourth-order valence-electron chi connectivity index (χ4n) is 3.66. The van der Waals surface area contributed by atoms with E-state index in [4.69, 9.17) is 4.74 Å². The van der Waals surface area contributed by atoms with Gasteiger partial charge in [0.1, 0.15) is 18.0 Å². The average molecular weight is 378 g/mol. The number of piperidine rings is 1. The molecule has 0 unspecified atom stereocenters. The van der Waals surface area contributed by atoms with Crippen molar-refractivity contribution in [3.8, 4) is 5.75 Å². The minimum atomic E-state index is 0.0422. The first-order valence-corrected chi connectivity index (χ1v) is 9.75. The molecular formula is C22H26N4O2. The predicted molar refractivity (Wildman–Crippen MR) is 109 cm³/mol. The van der Waals surface area contributed by atoms with Gasteiger partial charge >= 0.3 is 0 Å². The van der Waals surface area contributed by atoms with Crippen molar-refractivity contribution in [2.75, 3.05) is 20.1 Å². The van der Waals surface area contributed by atoms with Crippen LogP contribution in [0, 0.1) is 6.92 Å². The van der Waals surface area contributed by atoms with Crippen LogP contribution in [0.1, 0.15) is 34.5 Å². The molecule has 0 spiro atoms. The number of benzene rings is 1. The Morgan fingerprint density at radius 2 is 2.07 bits per heavy atom. The van der Waals surface area contributed by atoms with Crippen molar-refractivity contribution >= 4 is 11.6 Å². The van der Waals surface area contributed by atoms with Gasteiger partial charge in [0.05, 0.1) is 5.69 Å². The topological polar surface area (TPSA) is 58.9 Å². The molecule has 146 valence electrons. The van der Waals surface area contributed by atoms with Gasteiger partial charge in [-0.1, -0.05) is 12.1 Å². The van der Waals surface area contributed by atoms with Gasteiger partial charge in [-0.05, 0) is 62.7 Å². The molecule has 1 N–H and O–H groups in total. The summed E-state index contributed by atoms with van der Waals surface area (Å²) in [4.78, 5) is 19.3. The van der Waals surface area contributed by atoms with Gasteiger partial charge < -0.3 is 19.4 Å². The molecule has 1 saturated heterocycles. The van der Waals surface area contributed by atoms with E-state index in [0.29, 0.717) is 24.0 Å². The van der Waals surface area contributed by atoms with Crippen LogP contribution in [0.25, 0.3) is 5.65 Å². The zero-order chi connectivity index (χ0) is 19.5. The number of nitrogens with zero attached hydrogens (tertiary/aromatic N) is 3. The Morgan fingerprint density at radius 3 is 2.89 bits per heavy atom. The number of hydrogen-bond acceptors (Lipinski definition) is 4. The van der Waals surface area contributed by atoms with Crippen molar-refractivity contribution in [1.29, 1.82) is 0 Å². The number of hydrogen-bond donors (Lipinski definition) is 1. The predicted octanol–water partition coefficient (Wildman–Crippen LogP) is 3.05. The van der Waals surface area contributed by atoms with Crippen molar-refractivity contribution in [2.45, 2.75) is 32.4 Å².